The second-order valence-electron chi connectivity index (χ2n) is 7.70. The lowest BCUT2D eigenvalue weighted by molar-refractivity contribution is 0.124. The topological polar surface area (TPSA) is 79.2 Å². The average molecular weight is 435 g/mol. The van der Waals surface area contributed by atoms with Gasteiger partial charge in [0, 0.05) is 17.2 Å². The molecule has 1 aliphatic rings. The van der Waals surface area contributed by atoms with Crippen LogP contribution in [0.2, 0.25) is 0 Å². The number of nitrogens with one attached hydrogen (secondary N) is 1. The molecule has 0 heterocycles. The van der Waals surface area contributed by atoms with Crippen molar-refractivity contribution >= 4 is 10.0 Å². The Labute approximate surface area is 175 Å². The van der Waals surface area contributed by atoms with Crippen LogP contribution in [-0.4, -0.2) is 25.8 Å². The van der Waals surface area contributed by atoms with Gasteiger partial charge in [-0.2, -0.15) is 5.26 Å². The largest absolute Gasteiger partial charge is 0.489 e. The lowest BCUT2D eigenvalue weighted by Crippen LogP contribution is -2.49. The molecule has 0 aromatic heterocycles. The molecule has 30 heavy (non-hydrogen) atoms. The summed E-state index contributed by atoms with van der Waals surface area (Å²) in [6.45, 7) is 3.22. The van der Waals surface area contributed by atoms with E-state index in [-0.39, 0.29) is 22.9 Å². The molecule has 0 amide bonds. The van der Waals surface area contributed by atoms with Gasteiger partial charge in [0.05, 0.1) is 22.9 Å². The summed E-state index contributed by atoms with van der Waals surface area (Å²) in [6.07, 6.45) is 2.69. The highest BCUT2D eigenvalue weighted by molar-refractivity contribution is 7.90. The van der Waals surface area contributed by atoms with Gasteiger partial charge in [0.25, 0.3) is 0 Å². The smallest absolute Gasteiger partial charge is 0.214 e. The van der Waals surface area contributed by atoms with Crippen molar-refractivity contribution in [3.05, 3.63) is 53.6 Å². The van der Waals surface area contributed by atoms with Crippen molar-refractivity contribution in [3.8, 4) is 22.9 Å². The molecule has 1 saturated carbocycles. The molecule has 1 fully saturated rings. The summed E-state index contributed by atoms with van der Waals surface area (Å²) in [5.41, 5.74) is 0.501. The van der Waals surface area contributed by atoms with Crippen LogP contribution in [0, 0.1) is 23.0 Å². The Morgan fingerprint density at radius 1 is 1.10 bits per heavy atom. The molecule has 1 N–H and O–H groups in total. The Balaban J connectivity index is 1.82. The fraction of sp³-hybridized carbons (Fsp3) is 0.409. The van der Waals surface area contributed by atoms with Crippen molar-refractivity contribution in [2.75, 3.05) is 0 Å². The van der Waals surface area contributed by atoms with Gasteiger partial charge in [0.15, 0.2) is 0 Å². The van der Waals surface area contributed by atoms with Gasteiger partial charge < -0.3 is 4.74 Å². The SMILES string of the molecule is CC(C)S(=O)(=O)N[C@H]1CCCC[C@H]1Oc1ccc(-c2ccc(F)cc2C#N)c(F)c1. The number of rotatable bonds is 6. The molecule has 1 aliphatic carbocycles. The Kier molecular flexibility index (Phi) is 6.74. The third kappa shape index (κ3) is 4.97. The number of nitriles is 1. The standard InChI is InChI=1S/C22H24F2N2O3S/c1-14(2)30(27,28)26-21-5-3-4-6-22(21)29-17-8-10-19(20(24)12-17)18-9-7-16(23)11-15(18)13-25/h7-12,14,21-22,26H,3-6H2,1-2H3/t21-,22+/m0/s1. The first-order valence-corrected chi connectivity index (χ1v) is 11.4. The highest BCUT2D eigenvalue weighted by Gasteiger charge is 2.31. The maximum atomic E-state index is 14.8. The molecule has 0 spiro atoms. The second kappa shape index (κ2) is 9.11. The van der Waals surface area contributed by atoms with E-state index >= 15 is 0 Å². The molecule has 0 radical (unpaired) electrons. The van der Waals surface area contributed by atoms with Crippen LogP contribution in [0.1, 0.15) is 45.1 Å². The maximum absolute atomic E-state index is 14.8. The van der Waals surface area contributed by atoms with E-state index in [1.54, 1.807) is 19.9 Å². The lowest BCUT2D eigenvalue weighted by atomic mass is 9.93. The molecule has 3 rings (SSSR count). The summed E-state index contributed by atoms with van der Waals surface area (Å²) >= 11 is 0. The Morgan fingerprint density at radius 3 is 2.47 bits per heavy atom. The van der Waals surface area contributed by atoms with Crippen molar-refractivity contribution < 1.29 is 21.9 Å². The zero-order valence-electron chi connectivity index (χ0n) is 16.9. The molecule has 2 aromatic carbocycles. The van der Waals surface area contributed by atoms with Crippen LogP contribution in [-0.2, 0) is 10.0 Å². The summed E-state index contributed by atoms with van der Waals surface area (Å²) in [7, 11) is -3.45. The minimum Gasteiger partial charge on any atom is -0.489 e. The van der Waals surface area contributed by atoms with E-state index in [0.717, 1.165) is 18.9 Å². The Bertz CT molecular complexity index is 1060. The van der Waals surface area contributed by atoms with E-state index < -0.39 is 33.0 Å². The summed E-state index contributed by atoms with van der Waals surface area (Å²) in [5.74, 6) is -0.897. The van der Waals surface area contributed by atoms with E-state index in [4.69, 9.17) is 4.74 Å². The Hall–Kier alpha value is -2.50. The van der Waals surface area contributed by atoms with Gasteiger partial charge in [0.2, 0.25) is 10.0 Å². The highest BCUT2D eigenvalue weighted by atomic mass is 32.2. The maximum Gasteiger partial charge on any atom is 0.214 e. The summed E-state index contributed by atoms with van der Waals surface area (Å²) in [6, 6.07) is 9.37. The molecule has 8 heteroatoms. The first-order chi connectivity index (χ1) is 14.2. The summed E-state index contributed by atoms with van der Waals surface area (Å²) in [5, 5.41) is 8.65. The third-order valence-corrected chi connectivity index (χ3v) is 7.13. The fourth-order valence-corrected chi connectivity index (χ4v) is 4.49. The summed E-state index contributed by atoms with van der Waals surface area (Å²) < 4.78 is 61.3. The van der Waals surface area contributed by atoms with E-state index in [0.29, 0.717) is 18.4 Å². The van der Waals surface area contributed by atoms with Gasteiger partial charge in [0.1, 0.15) is 23.5 Å². The van der Waals surface area contributed by atoms with Crippen molar-refractivity contribution in [2.45, 2.75) is 56.9 Å². The van der Waals surface area contributed by atoms with Gasteiger partial charge in [-0.05, 0) is 57.4 Å². The monoisotopic (exact) mass is 434 g/mol. The van der Waals surface area contributed by atoms with Gasteiger partial charge >= 0.3 is 0 Å². The third-order valence-electron chi connectivity index (χ3n) is 5.26. The van der Waals surface area contributed by atoms with Crippen molar-refractivity contribution in [1.82, 2.24) is 4.72 Å². The molecule has 2 atom stereocenters. The minimum atomic E-state index is -3.45. The van der Waals surface area contributed by atoms with Gasteiger partial charge in [-0.15, -0.1) is 0 Å². The molecular formula is C22H24F2N2O3S. The van der Waals surface area contributed by atoms with Gasteiger partial charge in [-0.3, -0.25) is 0 Å². The van der Waals surface area contributed by atoms with Gasteiger partial charge in [-0.1, -0.05) is 12.5 Å². The number of halogens is 2. The van der Waals surface area contributed by atoms with Crippen molar-refractivity contribution in [2.24, 2.45) is 0 Å². The van der Waals surface area contributed by atoms with Crippen molar-refractivity contribution in [3.63, 3.8) is 0 Å². The summed E-state index contributed by atoms with van der Waals surface area (Å²) in [4.78, 5) is 0. The number of hydrogen-bond acceptors (Lipinski definition) is 4. The van der Waals surface area contributed by atoms with E-state index in [2.05, 4.69) is 4.72 Å². The molecule has 0 saturated heterocycles. The van der Waals surface area contributed by atoms with Crippen LogP contribution in [0.5, 0.6) is 5.75 Å². The van der Waals surface area contributed by atoms with E-state index in [9.17, 15) is 22.5 Å². The van der Waals surface area contributed by atoms with Crippen LogP contribution >= 0.6 is 0 Å². The van der Waals surface area contributed by atoms with Crippen LogP contribution < -0.4 is 9.46 Å². The predicted octanol–water partition coefficient (Wildman–Crippen LogP) is 4.52. The molecule has 0 aliphatic heterocycles. The van der Waals surface area contributed by atoms with Crippen LogP contribution in [0.3, 0.4) is 0 Å². The van der Waals surface area contributed by atoms with Crippen LogP contribution in [0.4, 0.5) is 8.78 Å². The van der Waals surface area contributed by atoms with E-state index in [1.165, 1.54) is 24.3 Å². The molecule has 5 nitrogen and oxygen atoms in total. The minimum absolute atomic E-state index is 0.0398. The Morgan fingerprint density at radius 2 is 1.80 bits per heavy atom. The van der Waals surface area contributed by atoms with Crippen LogP contribution in [0.25, 0.3) is 11.1 Å². The number of sulfonamides is 1. The lowest BCUT2D eigenvalue weighted by Gasteiger charge is -2.32. The normalized spacial score (nSPS) is 19.5. The predicted molar refractivity (Wildman–Crippen MR) is 110 cm³/mol. The van der Waals surface area contributed by atoms with Gasteiger partial charge in [-0.25, -0.2) is 21.9 Å². The number of benzene rings is 2. The second-order valence-corrected chi connectivity index (χ2v) is 9.97. The zero-order valence-corrected chi connectivity index (χ0v) is 17.7. The molecule has 2 aromatic rings. The van der Waals surface area contributed by atoms with Crippen LogP contribution in [0.15, 0.2) is 36.4 Å². The molecule has 0 unspecified atom stereocenters. The molecule has 0 bridgehead atoms. The number of nitrogens with zero attached hydrogens (tertiary/aromatic N) is 1. The number of hydrogen-bond donors (Lipinski definition) is 1. The van der Waals surface area contributed by atoms with E-state index in [1.807, 2.05) is 6.07 Å². The number of ether oxygens (including phenoxy) is 1. The zero-order chi connectivity index (χ0) is 21.9. The quantitative estimate of drug-likeness (QED) is 0.725. The average Bonchev–Trinajstić information content (AvgIpc) is 2.69. The highest BCUT2D eigenvalue weighted by Crippen LogP contribution is 2.31. The first kappa shape index (κ1) is 22.2. The molecular weight excluding hydrogens is 410 g/mol. The molecule has 160 valence electrons. The first-order valence-electron chi connectivity index (χ1n) is 9.88. The van der Waals surface area contributed by atoms with Crippen molar-refractivity contribution in [1.29, 1.82) is 5.26 Å². The fourth-order valence-electron chi connectivity index (χ4n) is 3.53.